The Balaban J connectivity index is 1.88. The lowest BCUT2D eigenvalue weighted by molar-refractivity contribution is -0.127. The number of fused-ring (bicyclic) bond motifs is 3. The standard InChI is InChI=1S/C26H25N3O4/c1-32-21-13-29-14-22-24(21)25(31)20(12-28)19(15-30)23(17-5-3-2-4-6-17)26(25,33-22)18-9-7-16(11-27)8-10-18/h2-10,13-14,19-20,23,30-31H,12,15,28H2,1H3/t19-,20-,23+,25+,26-/m0/s1. The van der Waals surface area contributed by atoms with Gasteiger partial charge in [0.1, 0.15) is 17.1 Å². The maximum absolute atomic E-state index is 12.7. The molecule has 2 aromatic carbocycles. The van der Waals surface area contributed by atoms with Crippen molar-refractivity contribution in [2.24, 2.45) is 17.6 Å². The van der Waals surface area contributed by atoms with E-state index >= 15 is 0 Å². The third-order valence-electron chi connectivity index (χ3n) is 7.30. The third kappa shape index (κ3) is 2.69. The van der Waals surface area contributed by atoms with Crippen molar-refractivity contribution in [1.29, 1.82) is 5.26 Å². The van der Waals surface area contributed by atoms with Gasteiger partial charge in [0.2, 0.25) is 0 Å². The molecule has 1 aromatic heterocycles. The minimum atomic E-state index is -1.62. The molecule has 4 N–H and O–H groups in total. The molecule has 7 nitrogen and oxygen atoms in total. The average molecular weight is 444 g/mol. The Labute approximate surface area is 192 Å². The molecule has 0 amide bonds. The van der Waals surface area contributed by atoms with Crippen molar-refractivity contribution < 1.29 is 19.7 Å². The highest BCUT2D eigenvalue weighted by atomic mass is 16.5. The molecule has 1 saturated carbocycles. The zero-order valence-corrected chi connectivity index (χ0v) is 18.2. The highest BCUT2D eigenvalue weighted by Crippen LogP contribution is 2.71. The number of aromatic nitrogens is 1. The molecule has 5 rings (SSSR count). The Morgan fingerprint density at radius 3 is 2.48 bits per heavy atom. The van der Waals surface area contributed by atoms with Gasteiger partial charge in [-0.05, 0) is 29.8 Å². The Bertz CT molecular complexity index is 1210. The van der Waals surface area contributed by atoms with Crippen LogP contribution in [0.4, 0.5) is 0 Å². The molecular weight excluding hydrogens is 418 g/mol. The van der Waals surface area contributed by atoms with Crippen LogP contribution in [0.3, 0.4) is 0 Å². The lowest BCUT2D eigenvalue weighted by Gasteiger charge is -2.41. The van der Waals surface area contributed by atoms with Crippen LogP contribution in [0, 0.1) is 23.2 Å². The van der Waals surface area contributed by atoms with Gasteiger partial charge in [-0.3, -0.25) is 4.98 Å². The Kier molecular flexibility index (Phi) is 5.09. The molecule has 0 bridgehead atoms. The number of rotatable bonds is 5. The number of methoxy groups -OCH3 is 1. The quantitative estimate of drug-likeness (QED) is 0.554. The van der Waals surface area contributed by atoms with Crippen molar-refractivity contribution in [2.45, 2.75) is 17.1 Å². The first-order valence-electron chi connectivity index (χ1n) is 10.9. The van der Waals surface area contributed by atoms with Gasteiger partial charge in [-0.1, -0.05) is 42.5 Å². The van der Waals surface area contributed by atoms with E-state index in [1.54, 1.807) is 36.7 Å². The molecule has 0 radical (unpaired) electrons. The molecule has 1 aliphatic carbocycles. The van der Waals surface area contributed by atoms with Crippen LogP contribution in [-0.2, 0) is 11.2 Å². The Morgan fingerprint density at radius 1 is 1.15 bits per heavy atom. The van der Waals surface area contributed by atoms with Crippen molar-refractivity contribution in [3.63, 3.8) is 0 Å². The molecule has 0 unspecified atom stereocenters. The van der Waals surface area contributed by atoms with E-state index in [1.807, 2.05) is 30.3 Å². The largest absolute Gasteiger partial charge is 0.495 e. The van der Waals surface area contributed by atoms with E-state index in [1.165, 1.54) is 7.11 Å². The first-order chi connectivity index (χ1) is 16.1. The maximum atomic E-state index is 12.7. The van der Waals surface area contributed by atoms with Crippen LogP contribution in [0.15, 0.2) is 67.0 Å². The predicted octanol–water partition coefficient (Wildman–Crippen LogP) is 2.42. The van der Waals surface area contributed by atoms with Gasteiger partial charge in [0, 0.05) is 24.4 Å². The highest BCUT2D eigenvalue weighted by molar-refractivity contribution is 5.59. The summed E-state index contributed by atoms with van der Waals surface area (Å²) in [5.74, 6) is -0.566. The van der Waals surface area contributed by atoms with Gasteiger partial charge < -0.3 is 25.4 Å². The van der Waals surface area contributed by atoms with Gasteiger partial charge in [-0.15, -0.1) is 0 Å². The first kappa shape index (κ1) is 21.4. The summed E-state index contributed by atoms with van der Waals surface area (Å²) in [7, 11) is 1.52. The molecule has 5 atom stereocenters. The average Bonchev–Trinajstić information content (AvgIpc) is 3.26. The van der Waals surface area contributed by atoms with Gasteiger partial charge in [0.25, 0.3) is 0 Å². The SMILES string of the molecule is COc1cncc2c1[C@]1(O)[C@@H](CN)[C@H](CO)[C@@H](c3ccccc3)[C@]1(c1ccc(C#N)cc1)O2. The number of pyridine rings is 1. The molecule has 168 valence electrons. The lowest BCUT2D eigenvalue weighted by atomic mass is 9.70. The van der Waals surface area contributed by atoms with Crippen LogP contribution in [0.5, 0.6) is 11.5 Å². The van der Waals surface area contributed by atoms with Crippen molar-refractivity contribution in [3.05, 3.63) is 89.2 Å². The lowest BCUT2D eigenvalue weighted by Crippen LogP contribution is -2.51. The summed E-state index contributed by atoms with van der Waals surface area (Å²) in [6.07, 6.45) is 3.12. The molecule has 0 saturated heterocycles. The third-order valence-corrected chi connectivity index (χ3v) is 7.30. The van der Waals surface area contributed by atoms with E-state index in [9.17, 15) is 15.5 Å². The van der Waals surface area contributed by atoms with Crippen molar-refractivity contribution in [3.8, 4) is 17.6 Å². The summed E-state index contributed by atoms with van der Waals surface area (Å²) in [6, 6.07) is 18.9. The first-order valence-corrected chi connectivity index (χ1v) is 10.9. The van der Waals surface area contributed by atoms with Gasteiger partial charge in [-0.25, -0.2) is 0 Å². The number of benzene rings is 2. The fraction of sp³-hybridized carbons (Fsp3) is 0.308. The number of aliphatic hydroxyl groups is 2. The predicted molar refractivity (Wildman–Crippen MR) is 120 cm³/mol. The Hall–Kier alpha value is -3.44. The van der Waals surface area contributed by atoms with E-state index in [4.69, 9.17) is 15.2 Å². The number of hydrogen-bond acceptors (Lipinski definition) is 7. The number of nitrogens with zero attached hydrogens (tertiary/aromatic N) is 2. The van der Waals surface area contributed by atoms with Gasteiger partial charge >= 0.3 is 0 Å². The molecule has 33 heavy (non-hydrogen) atoms. The van der Waals surface area contributed by atoms with Crippen LogP contribution >= 0.6 is 0 Å². The van der Waals surface area contributed by atoms with Crippen LogP contribution < -0.4 is 15.2 Å². The van der Waals surface area contributed by atoms with Gasteiger partial charge in [-0.2, -0.15) is 5.26 Å². The van der Waals surface area contributed by atoms with Crippen molar-refractivity contribution >= 4 is 0 Å². The summed E-state index contributed by atoms with van der Waals surface area (Å²) in [6.45, 7) is -0.0643. The van der Waals surface area contributed by atoms with Gasteiger partial charge in [0.05, 0.1) is 36.7 Å². The monoisotopic (exact) mass is 443 g/mol. The van der Waals surface area contributed by atoms with E-state index in [2.05, 4.69) is 11.1 Å². The van der Waals surface area contributed by atoms with Gasteiger partial charge in [0.15, 0.2) is 5.60 Å². The summed E-state index contributed by atoms with van der Waals surface area (Å²) in [4.78, 5) is 4.24. The summed E-state index contributed by atoms with van der Waals surface area (Å²) < 4.78 is 12.3. The number of aliphatic hydroxyl groups excluding tert-OH is 1. The topological polar surface area (TPSA) is 122 Å². The van der Waals surface area contributed by atoms with Crippen LogP contribution in [-0.4, -0.2) is 35.5 Å². The van der Waals surface area contributed by atoms with Crippen LogP contribution in [0.2, 0.25) is 0 Å². The highest BCUT2D eigenvalue weighted by Gasteiger charge is 2.76. The Morgan fingerprint density at radius 2 is 1.88 bits per heavy atom. The zero-order valence-electron chi connectivity index (χ0n) is 18.2. The molecule has 3 aromatic rings. The summed E-state index contributed by atoms with van der Waals surface area (Å²) in [5, 5.41) is 32.6. The number of nitrogens with two attached hydrogens (primary N) is 1. The fourth-order valence-corrected chi connectivity index (χ4v) is 6.04. The number of nitriles is 1. The van der Waals surface area contributed by atoms with Crippen LogP contribution in [0.1, 0.15) is 28.2 Å². The molecule has 7 heteroatoms. The summed E-state index contributed by atoms with van der Waals surface area (Å²) in [5.41, 5.74) is 5.93. The second kappa shape index (κ2) is 7.85. The molecular formula is C26H25N3O4. The smallest absolute Gasteiger partial charge is 0.174 e. The minimum absolute atomic E-state index is 0.122. The number of ether oxygens (including phenoxy) is 2. The molecule has 2 aliphatic rings. The van der Waals surface area contributed by atoms with E-state index in [-0.39, 0.29) is 13.2 Å². The molecule has 2 heterocycles. The minimum Gasteiger partial charge on any atom is -0.495 e. The summed E-state index contributed by atoms with van der Waals surface area (Å²) >= 11 is 0. The maximum Gasteiger partial charge on any atom is 0.174 e. The van der Waals surface area contributed by atoms with E-state index in [0.29, 0.717) is 28.2 Å². The normalized spacial score (nSPS) is 29.6. The van der Waals surface area contributed by atoms with E-state index < -0.39 is 29.0 Å². The van der Waals surface area contributed by atoms with E-state index in [0.717, 1.165) is 5.56 Å². The number of hydrogen-bond donors (Lipinski definition) is 3. The molecule has 0 spiro atoms. The van der Waals surface area contributed by atoms with Crippen molar-refractivity contribution in [2.75, 3.05) is 20.3 Å². The van der Waals surface area contributed by atoms with Crippen molar-refractivity contribution in [1.82, 2.24) is 4.98 Å². The second-order valence-corrected chi connectivity index (χ2v) is 8.59. The second-order valence-electron chi connectivity index (χ2n) is 8.59. The fourth-order valence-electron chi connectivity index (χ4n) is 6.04. The van der Waals surface area contributed by atoms with Crippen LogP contribution in [0.25, 0.3) is 0 Å². The molecule has 1 aliphatic heterocycles. The molecule has 1 fully saturated rings. The zero-order chi connectivity index (χ0) is 23.2.